The topological polar surface area (TPSA) is 98.5 Å². The zero-order valence-corrected chi connectivity index (χ0v) is 13.5. The number of benzene rings is 1. The SMILES string of the molecule is CS(=O)(=O)OCc1ccc(-c2ccc3cn(C(=O)O)cc3c2)cn1. The third-order valence-electron chi connectivity index (χ3n) is 3.44. The van der Waals surface area contributed by atoms with E-state index in [2.05, 4.69) is 4.98 Å². The second-order valence-electron chi connectivity index (χ2n) is 5.30. The maximum atomic E-state index is 11.0. The Bertz CT molecular complexity index is 1010. The molecule has 8 heteroatoms. The Morgan fingerprint density at radius 1 is 1.17 bits per heavy atom. The minimum atomic E-state index is -3.50. The maximum absolute atomic E-state index is 11.0. The van der Waals surface area contributed by atoms with Crippen molar-refractivity contribution in [1.29, 1.82) is 0 Å². The quantitative estimate of drug-likeness (QED) is 0.729. The first-order valence-electron chi connectivity index (χ1n) is 6.96. The summed E-state index contributed by atoms with van der Waals surface area (Å²) in [6, 6.07) is 9.08. The van der Waals surface area contributed by atoms with Crippen LogP contribution in [-0.2, 0) is 20.9 Å². The van der Waals surface area contributed by atoms with E-state index in [1.807, 2.05) is 24.3 Å². The molecule has 0 fully saturated rings. The summed E-state index contributed by atoms with van der Waals surface area (Å²) >= 11 is 0. The molecule has 2 heterocycles. The summed E-state index contributed by atoms with van der Waals surface area (Å²) in [6.07, 6.45) is 4.66. The minimum Gasteiger partial charge on any atom is -0.464 e. The van der Waals surface area contributed by atoms with Crippen LogP contribution in [0.15, 0.2) is 48.9 Å². The van der Waals surface area contributed by atoms with Crippen LogP contribution in [0.2, 0.25) is 0 Å². The Hall–Kier alpha value is -2.71. The van der Waals surface area contributed by atoms with Gasteiger partial charge in [0.2, 0.25) is 0 Å². The van der Waals surface area contributed by atoms with Gasteiger partial charge in [-0.3, -0.25) is 13.7 Å². The van der Waals surface area contributed by atoms with E-state index in [-0.39, 0.29) is 6.61 Å². The lowest BCUT2D eigenvalue weighted by molar-refractivity contribution is 0.196. The number of aromatic nitrogens is 2. The molecule has 2 aromatic heterocycles. The van der Waals surface area contributed by atoms with Crippen molar-refractivity contribution >= 4 is 27.0 Å². The summed E-state index contributed by atoms with van der Waals surface area (Å²) < 4.78 is 27.8. The van der Waals surface area contributed by atoms with Crippen LogP contribution in [0, 0.1) is 0 Å². The first-order valence-corrected chi connectivity index (χ1v) is 8.78. The fourth-order valence-electron chi connectivity index (χ4n) is 2.28. The number of carbonyl (C=O) groups is 1. The van der Waals surface area contributed by atoms with Gasteiger partial charge in [-0.2, -0.15) is 8.42 Å². The van der Waals surface area contributed by atoms with Crippen molar-refractivity contribution in [3.05, 3.63) is 54.6 Å². The smallest absolute Gasteiger partial charge is 0.415 e. The predicted molar refractivity (Wildman–Crippen MR) is 88.2 cm³/mol. The van der Waals surface area contributed by atoms with Gasteiger partial charge in [0.05, 0.1) is 11.9 Å². The van der Waals surface area contributed by atoms with E-state index in [0.29, 0.717) is 5.69 Å². The molecule has 0 unspecified atom stereocenters. The molecule has 7 nitrogen and oxygen atoms in total. The number of pyridine rings is 1. The first kappa shape index (κ1) is 16.2. The van der Waals surface area contributed by atoms with E-state index < -0.39 is 16.2 Å². The van der Waals surface area contributed by atoms with Gasteiger partial charge in [-0.15, -0.1) is 0 Å². The van der Waals surface area contributed by atoms with Crippen LogP contribution in [0.5, 0.6) is 0 Å². The Morgan fingerprint density at radius 2 is 1.88 bits per heavy atom. The normalized spacial score (nSPS) is 11.7. The Morgan fingerprint density at radius 3 is 2.50 bits per heavy atom. The summed E-state index contributed by atoms with van der Waals surface area (Å²) in [4.78, 5) is 15.2. The van der Waals surface area contributed by atoms with Gasteiger partial charge in [-0.1, -0.05) is 18.2 Å². The number of fused-ring (bicyclic) bond motifs is 1. The molecule has 0 atom stereocenters. The van der Waals surface area contributed by atoms with E-state index in [9.17, 15) is 13.2 Å². The van der Waals surface area contributed by atoms with Crippen molar-refractivity contribution in [1.82, 2.24) is 9.55 Å². The van der Waals surface area contributed by atoms with Crippen LogP contribution >= 0.6 is 0 Å². The monoisotopic (exact) mass is 346 g/mol. The van der Waals surface area contributed by atoms with Crippen LogP contribution in [0.1, 0.15) is 5.69 Å². The molecule has 0 aliphatic heterocycles. The number of hydrogen-bond acceptors (Lipinski definition) is 5. The summed E-state index contributed by atoms with van der Waals surface area (Å²) in [5, 5.41) is 10.6. The number of hydrogen-bond donors (Lipinski definition) is 1. The van der Waals surface area contributed by atoms with Gasteiger partial charge in [0.1, 0.15) is 6.61 Å². The molecule has 0 aliphatic rings. The molecule has 24 heavy (non-hydrogen) atoms. The summed E-state index contributed by atoms with van der Waals surface area (Å²) in [5.74, 6) is 0. The lowest BCUT2D eigenvalue weighted by Crippen LogP contribution is -2.03. The molecule has 1 N–H and O–H groups in total. The highest BCUT2D eigenvalue weighted by atomic mass is 32.2. The largest absolute Gasteiger partial charge is 0.464 e. The summed E-state index contributed by atoms with van der Waals surface area (Å²) in [6.45, 7) is -0.111. The highest BCUT2D eigenvalue weighted by Crippen LogP contribution is 2.25. The summed E-state index contributed by atoms with van der Waals surface area (Å²) in [5.41, 5.74) is 2.22. The highest BCUT2D eigenvalue weighted by molar-refractivity contribution is 7.85. The number of nitrogens with zero attached hydrogens (tertiary/aromatic N) is 2. The predicted octanol–water partition coefficient (Wildman–Crippen LogP) is 2.71. The first-order chi connectivity index (χ1) is 11.3. The average molecular weight is 346 g/mol. The van der Waals surface area contributed by atoms with E-state index >= 15 is 0 Å². The van der Waals surface area contributed by atoms with E-state index in [1.54, 1.807) is 24.7 Å². The van der Waals surface area contributed by atoms with Gasteiger partial charge in [-0.05, 0) is 17.7 Å². The van der Waals surface area contributed by atoms with Gasteiger partial charge in [-0.25, -0.2) is 4.79 Å². The van der Waals surface area contributed by atoms with Gasteiger partial charge in [0.15, 0.2) is 0 Å². The maximum Gasteiger partial charge on any atom is 0.415 e. The third-order valence-corrected chi connectivity index (χ3v) is 3.99. The fraction of sp³-hybridized carbons (Fsp3) is 0.125. The molecule has 0 radical (unpaired) electrons. The van der Waals surface area contributed by atoms with E-state index in [4.69, 9.17) is 9.29 Å². The Labute approximate surface area is 138 Å². The molecule has 124 valence electrons. The standard InChI is InChI=1S/C16H14N2O5S/c1-24(21,22)23-10-15-5-4-12(7-17-15)11-2-3-13-8-18(16(19)20)9-14(13)6-11/h2-9H,10H2,1H3,(H,19,20). The Balaban J connectivity index is 1.85. The second kappa shape index (κ2) is 6.06. The highest BCUT2D eigenvalue weighted by Gasteiger charge is 2.07. The van der Waals surface area contributed by atoms with Crippen molar-refractivity contribution in [2.75, 3.05) is 6.26 Å². The van der Waals surface area contributed by atoms with Crippen LogP contribution < -0.4 is 0 Å². The van der Waals surface area contributed by atoms with Crippen molar-refractivity contribution in [2.45, 2.75) is 6.61 Å². The zero-order chi connectivity index (χ0) is 17.3. The lowest BCUT2D eigenvalue weighted by atomic mass is 10.0. The van der Waals surface area contributed by atoms with Gasteiger partial charge < -0.3 is 5.11 Å². The number of carboxylic acid groups (broad SMARTS) is 1. The number of rotatable bonds is 4. The molecule has 0 saturated carbocycles. The molecule has 0 spiro atoms. The fourth-order valence-corrected chi connectivity index (χ4v) is 2.61. The second-order valence-corrected chi connectivity index (χ2v) is 6.94. The Kier molecular flexibility index (Phi) is 4.08. The molecule has 0 bridgehead atoms. The van der Waals surface area contributed by atoms with E-state index in [1.165, 1.54) is 0 Å². The van der Waals surface area contributed by atoms with Crippen molar-refractivity contribution < 1.29 is 22.5 Å². The molecular formula is C16H14N2O5S. The molecule has 3 aromatic rings. The molecule has 0 saturated heterocycles. The molecule has 0 amide bonds. The van der Waals surface area contributed by atoms with Crippen LogP contribution in [-0.4, -0.2) is 35.4 Å². The molecule has 1 aromatic carbocycles. The zero-order valence-electron chi connectivity index (χ0n) is 12.7. The lowest BCUT2D eigenvalue weighted by Gasteiger charge is -2.04. The van der Waals surface area contributed by atoms with Crippen LogP contribution in [0.3, 0.4) is 0 Å². The molecule has 0 aliphatic carbocycles. The summed E-state index contributed by atoms with van der Waals surface area (Å²) in [7, 11) is -3.50. The molecule has 3 rings (SSSR count). The third kappa shape index (κ3) is 3.61. The van der Waals surface area contributed by atoms with E-state index in [0.717, 1.165) is 32.7 Å². The van der Waals surface area contributed by atoms with Crippen molar-refractivity contribution in [3.8, 4) is 11.1 Å². The van der Waals surface area contributed by atoms with Crippen molar-refractivity contribution in [3.63, 3.8) is 0 Å². The van der Waals surface area contributed by atoms with Crippen LogP contribution in [0.4, 0.5) is 4.79 Å². The van der Waals surface area contributed by atoms with Crippen LogP contribution in [0.25, 0.3) is 21.9 Å². The van der Waals surface area contributed by atoms with Gasteiger partial charge >= 0.3 is 6.09 Å². The van der Waals surface area contributed by atoms with Crippen molar-refractivity contribution in [2.24, 2.45) is 0 Å². The molecular weight excluding hydrogens is 332 g/mol. The van der Waals surface area contributed by atoms with Gasteiger partial charge in [0, 0.05) is 34.9 Å². The average Bonchev–Trinajstić information content (AvgIpc) is 2.96. The minimum absolute atomic E-state index is 0.111. The van der Waals surface area contributed by atoms with Gasteiger partial charge in [0.25, 0.3) is 10.1 Å².